The molecular weight excluding hydrogens is 529 g/mol. The van der Waals surface area contributed by atoms with E-state index >= 15 is 4.39 Å². The molecule has 0 saturated heterocycles. The van der Waals surface area contributed by atoms with Gasteiger partial charge in [-0.05, 0) is 50.6 Å². The Hall–Kier alpha value is -4.86. The van der Waals surface area contributed by atoms with Gasteiger partial charge in [0.15, 0.2) is 23.1 Å². The molecule has 10 heteroatoms. The second kappa shape index (κ2) is 12.5. The van der Waals surface area contributed by atoms with Crippen LogP contribution in [0.5, 0.6) is 23.0 Å². The molecule has 0 aliphatic carbocycles. The highest BCUT2D eigenvalue weighted by atomic mass is 19.1. The van der Waals surface area contributed by atoms with Crippen LogP contribution in [0.3, 0.4) is 0 Å². The van der Waals surface area contributed by atoms with E-state index in [2.05, 4.69) is 10.3 Å². The Balaban J connectivity index is 1.48. The first-order chi connectivity index (χ1) is 19.6. The zero-order chi connectivity index (χ0) is 29.6. The maximum atomic E-state index is 15.1. The first-order valence-electron chi connectivity index (χ1n) is 12.9. The van der Waals surface area contributed by atoms with Gasteiger partial charge in [0.2, 0.25) is 5.91 Å². The number of methoxy groups -OCH3 is 2. The highest BCUT2D eigenvalue weighted by Gasteiger charge is 2.24. The van der Waals surface area contributed by atoms with Crippen LogP contribution < -0.4 is 19.5 Å². The number of ether oxygens (including phenoxy) is 4. The minimum absolute atomic E-state index is 0.0512. The highest BCUT2D eigenvalue weighted by Crippen LogP contribution is 2.37. The van der Waals surface area contributed by atoms with E-state index in [0.717, 1.165) is 11.6 Å². The van der Waals surface area contributed by atoms with Crippen molar-refractivity contribution in [2.75, 3.05) is 26.1 Å². The summed E-state index contributed by atoms with van der Waals surface area (Å²) in [5.41, 5.74) is 0.876. The molecule has 4 aromatic rings. The van der Waals surface area contributed by atoms with E-state index in [1.807, 2.05) is 30.3 Å². The number of carbonyl (C=O) groups is 2. The molecule has 1 aromatic heterocycles. The molecule has 41 heavy (non-hydrogen) atoms. The van der Waals surface area contributed by atoms with Crippen molar-refractivity contribution in [3.05, 3.63) is 84.3 Å². The van der Waals surface area contributed by atoms with Gasteiger partial charge in [-0.2, -0.15) is 0 Å². The van der Waals surface area contributed by atoms with E-state index < -0.39 is 23.4 Å². The van der Waals surface area contributed by atoms with Crippen LogP contribution in [0, 0.1) is 5.82 Å². The number of anilines is 1. The average molecular weight is 562 g/mol. The Kier molecular flexibility index (Phi) is 8.91. The molecule has 0 bridgehead atoms. The quantitative estimate of drug-likeness (QED) is 0.247. The molecule has 214 valence electrons. The monoisotopic (exact) mass is 561 g/mol. The number of nitrogens with zero attached hydrogens (tertiary/aromatic N) is 2. The highest BCUT2D eigenvalue weighted by molar-refractivity contribution is 5.94. The largest absolute Gasteiger partial charge is 0.493 e. The molecule has 0 radical (unpaired) electrons. The van der Waals surface area contributed by atoms with Gasteiger partial charge in [0.1, 0.15) is 17.9 Å². The fraction of sp³-hybridized carbons (Fsp3) is 0.258. The minimum atomic E-state index is -0.737. The number of halogens is 1. The summed E-state index contributed by atoms with van der Waals surface area (Å²) in [6, 6.07) is 18.3. The predicted octanol–water partition coefficient (Wildman–Crippen LogP) is 6.56. The number of pyridine rings is 1. The molecule has 0 atom stereocenters. The molecule has 9 nitrogen and oxygen atoms in total. The number of rotatable bonds is 9. The smallest absolute Gasteiger partial charge is 0.411 e. The number of amides is 2. The number of fused-ring (bicyclic) bond motifs is 1. The third-order valence-corrected chi connectivity index (χ3v) is 5.84. The zero-order valence-corrected chi connectivity index (χ0v) is 23.6. The van der Waals surface area contributed by atoms with E-state index in [9.17, 15) is 9.59 Å². The number of benzene rings is 3. The topological polar surface area (TPSA) is 99.2 Å². The molecule has 2 amide bonds. The van der Waals surface area contributed by atoms with Gasteiger partial charge in [0, 0.05) is 35.9 Å². The standard InChI is InChI=1S/C31H32FN3O6/c1-31(2,3)41-30(37)35(18-20-9-7-6-8-10-20)19-29(36)34-21-11-12-26(23(32)15-21)40-25-13-14-33-24-17-28(39-5)27(38-4)16-22(24)25/h6-17H,18-19H2,1-5H3,(H,34,36). The van der Waals surface area contributed by atoms with Crippen LogP contribution in [0.1, 0.15) is 26.3 Å². The van der Waals surface area contributed by atoms with Crippen molar-refractivity contribution in [1.29, 1.82) is 0 Å². The lowest BCUT2D eigenvalue weighted by atomic mass is 10.2. The minimum Gasteiger partial charge on any atom is -0.493 e. The molecule has 0 spiro atoms. The van der Waals surface area contributed by atoms with E-state index in [4.69, 9.17) is 18.9 Å². The normalized spacial score (nSPS) is 11.1. The number of hydrogen-bond donors (Lipinski definition) is 1. The molecule has 0 saturated carbocycles. The van der Waals surface area contributed by atoms with Gasteiger partial charge < -0.3 is 24.3 Å². The van der Waals surface area contributed by atoms with Crippen LogP contribution in [0.4, 0.5) is 14.9 Å². The second-order valence-electron chi connectivity index (χ2n) is 10.2. The fourth-order valence-corrected chi connectivity index (χ4v) is 4.01. The average Bonchev–Trinajstić information content (AvgIpc) is 2.93. The zero-order valence-electron chi connectivity index (χ0n) is 23.6. The Morgan fingerprint density at radius 1 is 0.902 bits per heavy atom. The van der Waals surface area contributed by atoms with Gasteiger partial charge in [0.05, 0.1) is 19.7 Å². The summed E-state index contributed by atoms with van der Waals surface area (Å²) in [4.78, 5) is 31.3. The van der Waals surface area contributed by atoms with Gasteiger partial charge in [-0.15, -0.1) is 0 Å². The molecule has 1 heterocycles. The van der Waals surface area contributed by atoms with Crippen LogP contribution in [-0.4, -0.2) is 48.2 Å². The number of nitrogens with one attached hydrogen (secondary N) is 1. The van der Waals surface area contributed by atoms with Crippen molar-refractivity contribution >= 4 is 28.6 Å². The summed E-state index contributed by atoms with van der Waals surface area (Å²) in [6.45, 7) is 5.12. The van der Waals surface area contributed by atoms with E-state index in [1.165, 1.54) is 31.3 Å². The molecule has 0 aliphatic heterocycles. The van der Waals surface area contributed by atoms with Crippen molar-refractivity contribution in [2.24, 2.45) is 0 Å². The molecular formula is C31H32FN3O6. The van der Waals surface area contributed by atoms with Gasteiger partial charge in [-0.25, -0.2) is 9.18 Å². The fourth-order valence-electron chi connectivity index (χ4n) is 4.01. The first kappa shape index (κ1) is 29.1. The molecule has 3 aromatic carbocycles. The SMILES string of the molecule is COc1cc2nccc(Oc3ccc(NC(=O)CN(Cc4ccccc4)C(=O)OC(C)(C)C)cc3F)c2cc1OC. The third kappa shape index (κ3) is 7.63. The van der Waals surface area contributed by atoms with Crippen molar-refractivity contribution in [2.45, 2.75) is 32.9 Å². The van der Waals surface area contributed by atoms with E-state index in [0.29, 0.717) is 28.2 Å². The van der Waals surface area contributed by atoms with Gasteiger partial charge in [-0.3, -0.25) is 14.7 Å². The lowest BCUT2D eigenvalue weighted by Gasteiger charge is -2.27. The summed E-state index contributed by atoms with van der Waals surface area (Å²) in [6.07, 6.45) is 0.910. The summed E-state index contributed by atoms with van der Waals surface area (Å²) in [5.74, 6) is 0.0850. The number of hydrogen-bond acceptors (Lipinski definition) is 7. The predicted molar refractivity (Wildman–Crippen MR) is 153 cm³/mol. The Bertz CT molecular complexity index is 1540. The Labute approximate surface area is 237 Å². The van der Waals surface area contributed by atoms with Crippen molar-refractivity contribution < 1.29 is 32.9 Å². The molecule has 1 N–H and O–H groups in total. The number of carbonyl (C=O) groups excluding carboxylic acids is 2. The van der Waals surface area contributed by atoms with Crippen LogP contribution in [-0.2, 0) is 16.1 Å². The molecule has 0 aliphatic rings. The summed E-state index contributed by atoms with van der Waals surface area (Å²) in [5, 5.41) is 3.24. The molecule has 0 unspecified atom stereocenters. The lowest BCUT2D eigenvalue weighted by Crippen LogP contribution is -2.41. The maximum Gasteiger partial charge on any atom is 0.411 e. The van der Waals surface area contributed by atoms with E-state index in [1.54, 1.807) is 45.2 Å². The number of aromatic nitrogens is 1. The van der Waals surface area contributed by atoms with Crippen molar-refractivity contribution in [1.82, 2.24) is 9.88 Å². The van der Waals surface area contributed by atoms with Gasteiger partial charge in [0.25, 0.3) is 0 Å². The Morgan fingerprint density at radius 3 is 2.27 bits per heavy atom. The molecule has 4 rings (SSSR count). The van der Waals surface area contributed by atoms with Crippen LogP contribution in [0.15, 0.2) is 72.9 Å². The second-order valence-corrected chi connectivity index (χ2v) is 10.2. The first-order valence-corrected chi connectivity index (χ1v) is 12.9. The van der Waals surface area contributed by atoms with Crippen molar-refractivity contribution in [3.63, 3.8) is 0 Å². The van der Waals surface area contributed by atoms with Crippen molar-refractivity contribution in [3.8, 4) is 23.0 Å². The van der Waals surface area contributed by atoms with Crippen LogP contribution in [0.25, 0.3) is 10.9 Å². The maximum absolute atomic E-state index is 15.1. The van der Waals surface area contributed by atoms with Crippen LogP contribution in [0.2, 0.25) is 0 Å². The summed E-state index contributed by atoms with van der Waals surface area (Å²) < 4.78 is 37.1. The molecule has 0 fully saturated rings. The summed E-state index contributed by atoms with van der Waals surface area (Å²) >= 11 is 0. The van der Waals surface area contributed by atoms with Gasteiger partial charge in [-0.1, -0.05) is 30.3 Å². The van der Waals surface area contributed by atoms with Crippen LogP contribution >= 0.6 is 0 Å². The summed E-state index contributed by atoms with van der Waals surface area (Å²) in [7, 11) is 3.04. The van der Waals surface area contributed by atoms with Gasteiger partial charge >= 0.3 is 6.09 Å². The lowest BCUT2D eigenvalue weighted by molar-refractivity contribution is -0.117. The third-order valence-electron chi connectivity index (χ3n) is 5.84. The Morgan fingerprint density at radius 2 is 1.61 bits per heavy atom. The van der Waals surface area contributed by atoms with E-state index in [-0.39, 0.29) is 24.5 Å².